The molecule has 16 rings (SSSR count). The Balaban J connectivity index is 0.865. The fourth-order valence-electron chi connectivity index (χ4n) is 12.6. The van der Waals surface area contributed by atoms with E-state index >= 15 is 0 Å². The molecule has 0 fully saturated rings. The van der Waals surface area contributed by atoms with E-state index in [0.717, 1.165) is 106 Å². The second-order valence-electron chi connectivity index (χ2n) is 19.2. The Morgan fingerprint density at radius 2 is 0.781 bits per heavy atom. The molecular weight excluding hydrogens is 893 g/mol. The van der Waals surface area contributed by atoms with E-state index in [9.17, 15) is 5.26 Å². The topological polar surface area (TPSA) is 73.6 Å². The standard InChI is InChI=1S/C66H38N6O/c67-39-40-21-31-60-50(35-40)51-36-41(23-32-61(51)71(60)44-26-24-43(25-27-44)70-56-17-5-1-11-46(56)47-12-2-6-18-57(47)70)42-22-29-52-62(37-42)73-63-38-45(72-58-19-7-3-13-48(58)49-14-4-8-20-59(49)72)28-30-53(63)66(52)54-15-9-33-68-64(54)65-55(66)16-10-34-69-65/h1-38H. The van der Waals surface area contributed by atoms with E-state index in [1.54, 1.807) is 0 Å². The van der Waals surface area contributed by atoms with Crippen LogP contribution in [0.15, 0.2) is 231 Å². The maximum absolute atomic E-state index is 10.2. The zero-order valence-corrected chi connectivity index (χ0v) is 39.0. The summed E-state index contributed by atoms with van der Waals surface area (Å²) in [5.41, 5.74) is 17.8. The summed E-state index contributed by atoms with van der Waals surface area (Å²) in [7, 11) is 0. The van der Waals surface area contributed by atoms with Crippen LogP contribution in [0.3, 0.4) is 0 Å². The SMILES string of the molecule is N#Cc1ccc2c(c1)c1cc(-c3ccc4c(c3)Oc3cc(-n5c6ccccc6c6ccccc65)ccc3C43c4cccnc4-c4ncccc43)ccc1n2-c1ccc(-n2c3ccccc3c3ccccc32)cc1. The van der Waals surface area contributed by atoms with Gasteiger partial charge in [-0.15, -0.1) is 0 Å². The van der Waals surface area contributed by atoms with Gasteiger partial charge in [0.05, 0.1) is 61.5 Å². The van der Waals surface area contributed by atoms with E-state index in [-0.39, 0.29) is 0 Å². The smallest absolute Gasteiger partial charge is 0.134 e. The van der Waals surface area contributed by atoms with Crippen LogP contribution >= 0.6 is 0 Å². The molecule has 0 unspecified atom stereocenters. The van der Waals surface area contributed by atoms with E-state index in [2.05, 4.69) is 214 Å². The first-order valence-electron chi connectivity index (χ1n) is 24.6. The molecule has 73 heavy (non-hydrogen) atoms. The quantitative estimate of drug-likeness (QED) is 0.176. The lowest BCUT2D eigenvalue weighted by atomic mass is 9.66. The molecule has 1 aliphatic carbocycles. The van der Waals surface area contributed by atoms with E-state index < -0.39 is 5.41 Å². The summed E-state index contributed by atoms with van der Waals surface area (Å²) in [4.78, 5) is 9.97. The van der Waals surface area contributed by atoms with Crippen LogP contribution in [0.1, 0.15) is 27.8 Å². The first-order valence-corrected chi connectivity index (χ1v) is 24.6. The number of fused-ring (bicyclic) bond motifs is 18. The van der Waals surface area contributed by atoms with Crippen LogP contribution in [0.25, 0.3) is 105 Å². The third-order valence-electron chi connectivity index (χ3n) is 15.6. The Morgan fingerprint density at radius 1 is 0.356 bits per heavy atom. The predicted octanol–water partition coefficient (Wildman–Crippen LogP) is 15.8. The van der Waals surface area contributed by atoms with Gasteiger partial charge in [-0.1, -0.05) is 109 Å². The molecular formula is C66H38N6O. The van der Waals surface area contributed by atoms with Crippen molar-refractivity contribution >= 4 is 65.4 Å². The third kappa shape index (κ3) is 5.36. The lowest BCUT2D eigenvalue weighted by Gasteiger charge is -2.39. The van der Waals surface area contributed by atoms with Gasteiger partial charge >= 0.3 is 0 Å². The number of benzene rings is 9. The summed E-state index contributed by atoms with van der Waals surface area (Å²) >= 11 is 0. The molecule has 0 N–H and O–H groups in total. The molecule has 0 radical (unpaired) electrons. The molecule has 1 aliphatic heterocycles. The van der Waals surface area contributed by atoms with Gasteiger partial charge in [0.1, 0.15) is 11.5 Å². The van der Waals surface area contributed by atoms with Crippen LogP contribution in [0.5, 0.6) is 11.5 Å². The number of para-hydroxylation sites is 4. The van der Waals surface area contributed by atoms with Crippen molar-refractivity contribution in [2.24, 2.45) is 0 Å². The zero-order chi connectivity index (χ0) is 47.9. The van der Waals surface area contributed by atoms with Gasteiger partial charge in [-0.2, -0.15) is 5.26 Å². The van der Waals surface area contributed by atoms with Crippen molar-refractivity contribution in [3.63, 3.8) is 0 Å². The minimum Gasteiger partial charge on any atom is -0.457 e. The molecule has 0 atom stereocenters. The van der Waals surface area contributed by atoms with E-state index in [1.165, 1.54) is 32.6 Å². The minimum atomic E-state index is -0.740. The molecule has 7 nitrogen and oxygen atoms in total. The van der Waals surface area contributed by atoms with Crippen molar-refractivity contribution in [2.45, 2.75) is 5.41 Å². The van der Waals surface area contributed by atoms with Gasteiger partial charge in [-0.05, 0) is 125 Å². The van der Waals surface area contributed by atoms with Crippen LogP contribution in [-0.4, -0.2) is 23.7 Å². The number of aromatic nitrogens is 5. The fraction of sp³-hybridized carbons (Fsp3) is 0.0152. The van der Waals surface area contributed by atoms with Crippen molar-refractivity contribution in [3.8, 4) is 57.1 Å². The van der Waals surface area contributed by atoms with Crippen LogP contribution in [0, 0.1) is 11.3 Å². The largest absolute Gasteiger partial charge is 0.457 e. The highest BCUT2D eigenvalue weighted by Gasteiger charge is 2.52. The highest BCUT2D eigenvalue weighted by atomic mass is 16.5. The van der Waals surface area contributed by atoms with Crippen molar-refractivity contribution in [1.29, 1.82) is 5.26 Å². The summed E-state index contributed by atoms with van der Waals surface area (Å²) < 4.78 is 14.3. The lowest BCUT2D eigenvalue weighted by molar-refractivity contribution is 0.436. The first kappa shape index (κ1) is 39.8. The van der Waals surface area contributed by atoms with E-state index in [4.69, 9.17) is 14.7 Å². The maximum atomic E-state index is 10.2. The number of pyridine rings is 2. The van der Waals surface area contributed by atoms with Gasteiger partial charge in [-0.25, -0.2) is 0 Å². The Hall–Kier alpha value is -10.0. The molecule has 0 bridgehead atoms. The average molecular weight is 931 g/mol. The summed E-state index contributed by atoms with van der Waals surface area (Å²) in [5, 5.41) is 17.1. The van der Waals surface area contributed by atoms with Gasteiger partial charge in [0.25, 0.3) is 0 Å². The molecule has 338 valence electrons. The Bertz CT molecular complexity index is 4590. The number of rotatable bonds is 4. The second kappa shape index (κ2) is 14.8. The third-order valence-corrected chi connectivity index (χ3v) is 15.6. The lowest BCUT2D eigenvalue weighted by Crippen LogP contribution is -2.32. The second-order valence-corrected chi connectivity index (χ2v) is 19.2. The molecule has 0 saturated carbocycles. The monoisotopic (exact) mass is 930 g/mol. The van der Waals surface area contributed by atoms with Crippen LogP contribution < -0.4 is 4.74 Å². The van der Waals surface area contributed by atoms with Gasteiger partial charge in [0, 0.05) is 79.0 Å². The summed E-state index contributed by atoms with van der Waals surface area (Å²) in [5.74, 6) is 1.55. The summed E-state index contributed by atoms with van der Waals surface area (Å²) in [6.45, 7) is 0. The number of nitrogens with zero attached hydrogens (tertiary/aromatic N) is 6. The van der Waals surface area contributed by atoms with Crippen molar-refractivity contribution in [1.82, 2.24) is 23.7 Å². The Kier molecular flexibility index (Phi) is 8.04. The highest BCUT2D eigenvalue weighted by molar-refractivity contribution is 6.12. The summed E-state index contributed by atoms with van der Waals surface area (Å²) in [6, 6.07) is 80.2. The number of hydrogen-bond donors (Lipinski definition) is 0. The summed E-state index contributed by atoms with van der Waals surface area (Å²) in [6.07, 6.45) is 3.72. The van der Waals surface area contributed by atoms with Gasteiger partial charge < -0.3 is 18.4 Å². The maximum Gasteiger partial charge on any atom is 0.134 e. The van der Waals surface area contributed by atoms with Crippen molar-refractivity contribution in [2.75, 3.05) is 0 Å². The molecule has 7 heteroatoms. The molecule has 5 aromatic heterocycles. The normalized spacial score (nSPS) is 13.1. The van der Waals surface area contributed by atoms with Crippen molar-refractivity contribution in [3.05, 3.63) is 259 Å². The fourth-order valence-corrected chi connectivity index (χ4v) is 12.6. The average Bonchev–Trinajstić information content (AvgIpc) is 4.21. The molecule has 2 aliphatic rings. The number of hydrogen-bond acceptors (Lipinski definition) is 4. The van der Waals surface area contributed by atoms with Gasteiger partial charge in [0.2, 0.25) is 0 Å². The van der Waals surface area contributed by atoms with Crippen LogP contribution in [-0.2, 0) is 5.41 Å². The molecule has 0 amide bonds. The van der Waals surface area contributed by atoms with E-state index in [0.29, 0.717) is 5.56 Å². The zero-order valence-electron chi connectivity index (χ0n) is 39.0. The molecule has 6 heterocycles. The highest BCUT2D eigenvalue weighted by Crippen LogP contribution is 2.62. The minimum absolute atomic E-state index is 0.617. The predicted molar refractivity (Wildman–Crippen MR) is 293 cm³/mol. The molecule has 9 aromatic carbocycles. The van der Waals surface area contributed by atoms with Crippen LogP contribution in [0.4, 0.5) is 0 Å². The molecule has 1 spiro atoms. The van der Waals surface area contributed by atoms with Crippen LogP contribution in [0.2, 0.25) is 0 Å². The molecule has 14 aromatic rings. The van der Waals surface area contributed by atoms with Gasteiger partial charge in [-0.3, -0.25) is 9.97 Å². The molecule has 0 saturated heterocycles. The Morgan fingerprint density at radius 3 is 1.33 bits per heavy atom. The number of ether oxygens (including phenoxy) is 1. The van der Waals surface area contributed by atoms with E-state index in [1.807, 2.05) is 36.7 Å². The van der Waals surface area contributed by atoms with Gasteiger partial charge in [0.15, 0.2) is 0 Å². The first-order chi connectivity index (χ1) is 36.2. The van der Waals surface area contributed by atoms with Crippen molar-refractivity contribution < 1.29 is 4.74 Å². The number of nitriles is 1. The Labute approximate surface area is 418 Å².